The molecule has 0 spiro atoms. The largest absolute Gasteiger partial charge is 0.342 e. The zero-order valence-electron chi connectivity index (χ0n) is 21.1. The van der Waals surface area contributed by atoms with E-state index in [2.05, 4.69) is 114 Å². The standard InChI is InChI=1S/C30H37N3OP/c1-25(32(3)30(34)20-11-6-12-21-33-23-22-31(2)24-33)28-18-13-19-29(28)35(26-14-7-4-8-15-26)27-16-9-5-10-17-27/h4-5,7-10,13-19,22-25,28H,6,11-12,20-21H2,1-3H3/q+1/t25-,28?/m1/s1. The predicted octanol–water partition coefficient (Wildman–Crippen LogP) is 4.92. The van der Waals surface area contributed by atoms with E-state index in [0.29, 0.717) is 6.42 Å². The zero-order valence-corrected chi connectivity index (χ0v) is 22.0. The summed E-state index contributed by atoms with van der Waals surface area (Å²) in [5.41, 5.74) is 0. The fourth-order valence-electron chi connectivity index (χ4n) is 4.74. The van der Waals surface area contributed by atoms with Gasteiger partial charge in [-0.3, -0.25) is 4.79 Å². The Morgan fingerprint density at radius 1 is 1.03 bits per heavy atom. The summed E-state index contributed by atoms with van der Waals surface area (Å²) >= 11 is 0. The Hall–Kier alpha value is -2.97. The second kappa shape index (κ2) is 12.1. The maximum Gasteiger partial charge on any atom is 0.243 e. The molecule has 1 heterocycles. The van der Waals surface area contributed by atoms with Crippen LogP contribution in [0.4, 0.5) is 0 Å². The van der Waals surface area contributed by atoms with Crippen LogP contribution in [0.2, 0.25) is 0 Å². The molecule has 0 bridgehead atoms. The molecule has 182 valence electrons. The molecule has 2 atom stereocenters. The van der Waals surface area contributed by atoms with Crippen molar-refractivity contribution in [3.05, 3.63) is 103 Å². The van der Waals surface area contributed by atoms with Crippen molar-refractivity contribution >= 4 is 24.4 Å². The molecule has 1 aliphatic rings. The minimum Gasteiger partial charge on any atom is -0.342 e. The van der Waals surface area contributed by atoms with Crippen LogP contribution in [0.1, 0.15) is 32.6 Å². The number of amides is 1. The molecule has 0 fully saturated rings. The Labute approximate surface area is 211 Å². The first kappa shape index (κ1) is 25.1. The van der Waals surface area contributed by atoms with E-state index in [0.717, 1.165) is 25.8 Å². The number of carbonyl (C=O) groups excluding carboxylic acids is 1. The zero-order chi connectivity index (χ0) is 24.6. The number of nitrogens with zero attached hydrogens (tertiary/aromatic N) is 3. The van der Waals surface area contributed by atoms with Crippen molar-refractivity contribution in [1.29, 1.82) is 0 Å². The molecule has 1 aromatic heterocycles. The van der Waals surface area contributed by atoms with E-state index in [9.17, 15) is 4.79 Å². The maximum atomic E-state index is 13.1. The van der Waals surface area contributed by atoms with E-state index in [1.54, 1.807) is 0 Å². The minimum atomic E-state index is -0.648. The van der Waals surface area contributed by atoms with Gasteiger partial charge in [0.2, 0.25) is 12.2 Å². The number of hydrogen-bond acceptors (Lipinski definition) is 1. The van der Waals surface area contributed by atoms with E-state index >= 15 is 0 Å². The lowest BCUT2D eigenvalue weighted by Crippen LogP contribution is -2.40. The smallest absolute Gasteiger partial charge is 0.243 e. The van der Waals surface area contributed by atoms with Crippen LogP contribution in [0.25, 0.3) is 0 Å². The van der Waals surface area contributed by atoms with Crippen molar-refractivity contribution in [1.82, 2.24) is 9.47 Å². The third kappa shape index (κ3) is 6.38. The van der Waals surface area contributed by atoms with Gasteiger partial charge in [0, 0.05) is 25.4 Å². The van der Waals surface area contributed by atoms with Crippen LogP contribution in [0.15, 0.2) is 103 Å². The molecule has 4 rings (SSSR count). The number of unbranched alkanes of at least 4 members (excludes halogenated alkanes) is 2. The number of carbonyl (C=O) groups is 1. The molecule has 1 aliphatic carbocycles. The summed E-state index contributed by atoms with van der Waals surface area (Å²) in [4.78, 5) is 15.0. The second-order valence-corrected chi connectivity index (χ2v) is 11.6. The van der Waals surface area contributed by atoms with Crippen molar-refractivity contribution in [2.24, 2.45) is 13.0 Å². The van der Waals surface area contributed by atoms with E-state index in [1.807, 2.05) is 19.0 Å². The van der Waals surface area contributed by atoms with Crippen molar-refractivity contribution < 1.29 is 9.36 Å². The van der Waals surface area contributed by atoms with Crippen LogP contribution in [-0.2, 0) is 18.4 Å². The SMILES string of the molecule is C[C@H](C1C=CC=C1P(c1ccccc1)c1ccccc1)N(C)C(=O)CCCCCn1cc[n+](C)c1. The summed E-state index contributed by atoms with van der Waals surface area (Å²) in [6.07, 6.45) is 16.7. The molecule has 0 saturated heterocycles. The number of hydrogen-bond donors (Lipinski definition) is 0. The van der Waals surface area contributed by atoms with Gasteiger partial charge in [-0.15, -0.1) is 0 Å². The average Bonchev–Trinajstić information content (AvgIpc) is 3.53. The molecule has 0 N–H and O–H groups in total. The molecule has 1 unspecified atom stereocenters. The molecular formula is C30H37N3OP+. The highest BCUT2D eigenvalue weighted by Gasteiger charge is 2.32. The highest BCUT2D eigenvalue weighted by atomic mass is 31.1. The Kier molecular flexibility index (Phi) is 8.71. The van der Waals surface area contributed by atoms with E-state index < -0.39 is 7.92 Å². The molecule has 0 saturated carbocycles. The molecule has 3 aromatic rings. The number of rotatable bonds is 11. The number of aryl methyl sites for hydroxylation is 2. The van der Waals surface area contributed by atoms with Gasteiger partial charge >= 0.3 is 0 Å². The van der Waals surface area contributed by atoms with Crippen LogP contribution in [0.5, 0.6) is 0 Å². The first-order chi connectivity index (χ1) is 17.0. The topological polar surface area (TPSA) is 29.1 Å². The highest BCUT2D eigenvalue weighted by Crippen LogP contribution is 2.50. The highest BCUT2D eigenvalue weighted by molar-refractivity contribution is 7.76. The third-order valence-electron chi connectivity index (χ3n) is 6.87. The minimum absolute atomic E-state index is 0.116. The summed E-state index contributed by atoms with van der Waals surface area (Å²) in [6.45, 7) is 3.20. The lowest BCUT2D eigenvalue weighted by atomic mass is 10.0. The van der Waals surface area contributed by atoms with Crippen molar-refractivity contribution in [3.8, 4) is 0 Å². The van der Waals surface area contributed by atoms with Crippen LogP contribution in [0.3, 0.4) is 0 Å². The van der Waals surface area contributed by atoms with Gasteiger partial charge in [0.15, 0.2) is 0 Å². The maximum absolute atomic E-state index is 13.1. The Morgan fingerprint density at radius 2 is 1.69 bits per heavy atom. The molecule has 5 heteroatoms. The van der Waals surface area contributed by atoms with Gasteiger partial charge in [0.05, 0.1) is 13.6 Å². The second-order valence-electron chi connectivity index (χ2n) is 9.38. The quantitative estimate of drug-likeness (QED) is 0.215. The fourth-order valence-corrected chi connectivity index (χ4v) is 7.41. The molecule has 4 nitrogen and oxygen atoms in total. The summed E-state index contributed by atoms with van der Waals surface area (Å²) in [5.74, 6) is 0.471. The summed E-state index contributed by atoms with van der Waals surface area (Å²) in [5, 5.41) is 4.13. The lowest BCUT2D eigenvalue weighted by molar-refractivity contribution is -0.671. The van der Waals surface area contributed by atoms with Crippen molar-refractivity contribution in [3.63, 3.8) is 0 Å². The third-order valence-corrected chi connectivity index (χ3v) is 9.46. The monoisotopic (exact) mass is 486 g/mol. The van der Waals surface area contributed by atoms with Gasteiger partial charge in [-0.2, -0.15) is 0 Å². The van der Waals surface area contributed by atoms with Gasteiger partial charge in [-0.25, -0.2) is 9.13 Å². The number of imidazole rings is 1. The molecule has 35 heavy (non-hydrogen) atoms. The van der Waals surface area contributed by atoms with Gasteiger partial charge in [-0.05, 0) is 50.0 Å². The Balaban J connectivity index is 1.37. The Bertz CT molecular complexity index is 1110. The summed E-state index contributed by atoms with van der Waals surface area (Å²) in [7, 11) is 3.37. The normalized spacial score (nSPS) is 15.9. The van der Waals surface area contributed by atoms with Crippen molar-refractivity contribution in [2.45, 2.75) is 45.2 Å². The first-order valence-electron chi connectivity index (χ1n) is 12.6. The molecule has 0 aliphatic heterocycles. The lowest BCUT2D eigenvalue weighted by Gasteiger charge is -2.34. The summed E-state index contributed by atoms with van der Waals surface area (Å²) < 4.78 is 4.26. The number of aromatic nitrogens is 2. The molecule has 2 aromatic carbocycles. The van der Waals surface area contributed by atoms with E-state index in [4.69, 9.17) is 0 Å². The first-order valence-corrected chi connectivity index (χ1v) is 13.9. The van der Waals surface area contributed by atoms with Gasteiger partial charge in [-0.1, -0.05) is 78.9 Å². The van der Waals surface area contributed by atoms with Crippen LogP contribution >= 0.6 is 7.92 Å². The van der Waals surface area contributed by atoms with E-state index in [1.165, 1.54) is 15.9 Å². The number of allylic oxidation sites excluding steroid dienone is 2. The van der Waals surface area contributed by atoms with Crippen molar-refractivity contribution in [2.75, 3.05) is 7.05 Å². The summed E-state index contributed by atoms with van der Waals surface area (Å²) in [6, 6.07) is 21.7. The van der Waals surface area contributed by atoms with Gasteiger partial charge in [0.25, 0.3) is 0 Å². The van der Waals surface area contributed by atoms with Gasteiger partial charge in [0.1, 0.15) is 12.4 Å². The molecule has 1 amide bonds. The van der Waals surface area contributed by atoms with E-state index in [-0.39, 0.29) is 17.9 Å². The molecule has 0 radical (unpaired) electrons. The average molecular weight is 487 g/mol. The van der Waals surface area contributed by atoms with Crippen LogP contribution < -0.4 is 15.2 Å². The Morgan fingerprint density at radius 3 is 2.29 bits per heavy atom. The number of benzene rings is 2. The predicted molar refractivity (Wildman–Crippen MR) is 146 cm³/mol. The molecular weight excluding hydrogens is 449 g/mol. The van der Waals surface area contributed by atoms with Crippen LogP contribution in [-0.4, -0.2) is 28.5 Å². The van der Waals surface area contributed by atoms with Crippen LogP contribution in [0, 0.1) is 5.92 Å². The fraction of sp³-hybridized carbons (Fsp3) is 0.333. The van der Waals surface area contributed by atoms with Gasteiger partial charge < -0.3 is 4.90 Å².